The smallest absolute Gasteiger partial charge is 0.272 e. The van der Waals surface area contributed by atoms with Crippen molar-refractivity contribution >= 4 is 33.2 Å². The maximum atomic E-state index is 12.6. The lowest BCUT2D eigenvalue weighted by Crippen LogP contribution is -2.27. The zero-order valence-electron chi connectivity index (χ0n) is 13.8. The number of carbonyl (C=O) groups is 1. The van der Waals surface area contributed by atoms with Crippen molar-refractivity contribution in [2.24, 2.45) is 0 Å². The summed E-state index contributed by atoms with van der Waals surface area (Å²) in [6.45, 7) is 0.547. The lowest BCUT2D eigenvalue weighted by Gasteiger charge is -2.17. The van der Waals surface area contributed by atoms with E-state index >= 15 is 0 Å². The van der Waals surface area contributed by atoms with E-state index in [2.05, 4.69) is 26.2 Å². The van der Waals surface area contributed by atoms with Crippen molar-refractivity contribution in [1.82, 2.24) is 9.88 Å². The molecule has 0 spiro atoms. The first-order chi connectivity index (χ1) is 12.1. The van der Waals surface area contributed by atoms with Crippen molar-refractivity contribution in [3.05, 3.63) is 88.7 Å². The minimum absolute atomic E-state index is 0.108. The van der Waals surface area contributed by atoms with Crippen molar-refractivity contribution in [2.45, 2.75) is 6.54 Å². The van der Waals surface area contributed by atoms with Gasteiger partial charge in [0.05, 0.1) is 0 Å². The van der Waals surface area contributed by atoms with Crippen molar-refractivity contribution < 1.29 is 4.79 Å². The zero-order valence-corrected chi connectivity index (χ0v) is 15.4. The van der Waals surface area contributed by atoms with Crippen LogP contribution in [0.5, 0.6) is 0 Å². The van der Waals surface area contributed by atoms with E-state index in [4.69, 9.17) is 0 Å². The van der Waals surface area contributed by atoms with E-state index in [9.17, 15) is 4.79 Å². The lowest BCUT2D eigenvalue weighted by molar-refractivity contribution is 0.0779. The molecule has 1 amide bonds. The third-order valence-electron chi connectivity index (χ3n) is 3.72. The molecule has 3 aromatic rings. The Labute approximate surface area is 155 Å². The van der Waals surface area contributed by atoms with Crippen LogP contribution in [-0.4, -0.2) is 22.8 Å². The predicted octanol–water partition coefficient (Wildman–Crippen LogP) is 4.86. The van der Waals surface area contributed by atoms with Crippen LogP contribution in [0.15, 0.2) is 77.4 Å². The summed E-state index contributed by atoms with van der Waals surface area (Å²) in [4.78, 5) is 18.5. The second kappa shape index (κ2) is 7.94. The number of halogens is 1. The number of nitrogens with one attached hydrogen (secondary N) is 1. The van der Waals surface area contributed by atoms with Crippen LogP contribution in [0.2, 0.25) is 0 Å². The van der Waals surface area contributed by atoms with E-state index < -0.39 is 0 Å². The van der Waals surface area contributed by atoms with Crippen LogP contribution >= 0.6 is 15.9 Å². The zero-order chi connectivity index (χ0) is 17.6. The van der Waals surface area contributed by atoms with Crippen LogP contribution in [0.3, 0.4) is 0 Å². The fourth-order valence-electron chi connectivity index (χ4n) is 2.45. The Morgan fingerprint density at radius 3 is 2.48 bits per heavy atom. The van der Waals surface area contributed by atoms with Gasteiger partial charge >= 0.3 is 0 Å². The predicted molar refractivity (Wildman–Crippen MR) is 104 cm³/mol. The van der Waals surface area contributed by atoms with E-state index in [1.54, 1.807) is 24.2 Å². The Morgan fingerprint density at radius 2 is 1.76 bits per heavy atom. The Morgan fingerprint density at radius 1 is 1.04 bits per heavy atom. The molecule has 0 aliphatic rings. The standard InChI is InChI=1S/C20H18BrN3O/c1-24(14-15-5-3-2-4-6-15)20(25)19-13-18(11-12-22-19)23-17-9-7-16(21)8-10-17/h2-13H,14H2,1H3,(H,22,23). The van der Waals surface area contributed by atoms with Crippen molar-refractivity contribution in [3.63, 3.8) is 0 Å². The molecule has 1 N–H and O–H groups in total. The van der Waals surface area contributed by atoms with Gasteiger partial charge in [-0.25, -0.2) is 0 Å². The maximum absolute atomic E-state index is 12.6. The first-order valence-corrected chi connectivity index (χ1v) is 8.69. The molecule has 5 heteroatoms. The van der Waals surface area contributed by atoms with Crippen LogP contribution < -0.4 is 5.32 Å². The van der Waals surface area contributed by atoms with Gasteiger partial charge in [0.25, 0.3) is 5.91 Å². The molecule has 2 aromatic carbocycles. The van der Waals surface area contributed by atoms with E-state index in [-0.39, 0.29) is 5.91 Å². The van der Waals surface area contributed by atoms with Crippen LogP contribution in [0.25, 0.3) is 0 Å². The average molecular weight is 396 g/mol. The van der Waals surface area contributed by atoms with Crippen LogP contribution in [0.4, 0.5) is 11.4 Å². The Kier molecular flexibility index (Phi) is 5.46. The van der Waals surface area contributed by atoms with Gasteiger partial charge in [-0.3, -0.25) is 9.78 Å². The second-order valence-electron chi connectivity index (χ2n) is 5.71. The Hall–Kier alpha value is -2.66. The molecule has 126 valence electrons. The third kappa shape index (κ3) is 4.67. The Balaban J connectivity index is 1.71. The average Bonchev–Trinajstić information content (AvgIpc) is 2.64. The summed E-state index contributed by atoms with van der Waals surface area (Å²) < 4.78 is 1.02. The molecule has 0 unspecified atom stereocenters. The molecule has 0 saturated carbocycles. The van der Waals surface area contributed by atoms with E-state index in [1.165, 1.54) is 0 Å². The molecule has 1 aromatic heterocycles. The third-order valence-corrected chi connectivity index (χ3v) is 4.25. The number of hydrogen-bond acceptors (Lipinski definition) is 3. The van der Waals surface area contributed by atoms with Gasteiger partial charge < -0.3 is 10.2 Å². The number of hydrogen-bond donors (Lipinski definition) is 1. The quantitative estimate of drug-likeness (QED) is 0.670. The van der Waals surface area contributed by atoms with Gasteiger partial charge in [0.1, 0.15) is 5.69 Å². The molecule has 0 aliphatic carbocycles. The molecule has 4 nitrogen and oxygen atoms in total. The molecule has 0 atom stereocenters. The van der Waals surface area contributed by atoms with Gasteiger partial charge in [0.2, 0.25) is 0 Å². The molecule has 0 radical (unpaired) electrons. The minimum Gasteiger partial charge on any atom is -0.355 e. The fraction of sp³-hybridized carbons (Fsp3) is 0.100. The molecular weight excluding hydrogens is 378 g/mol. The molecule has 0 bridgehead atoms. The van der Waals surface area contributed by atoms with Gasteiger partial charge in [-0.1, -0.05) is 46.3 Å². The summed E-state index contributed by atoms with van der Waals surface area (Å²) in [5, 5.41) is 3.28. The summed E-state index contributed by atoms with van der Waals surface area (Å²) in [6, 6.07) is 21.4. The maximum Gasteiger partial charge on any atom is 0.272 e. The van der Waals surface area contributed by atoms with Crippen LogP contribution in [0, 0.1) is 0 Å². The van der Waals surface area contributed by atoms with E-state index in [1.807, 2.05) is 60.7 Å². The number of carbonyl (C=O) groups excluding carboxylic acids is 1. The number of amides is 1. The SMILES string of the molecule is CN(Cc1ccccc1)C(=O)c1cc(Nc2ccc(Br)cc2)ccn1. The monoisotopic (exact) mass is 395 g/mol. The van der Waals surface area contributed by atoms with Gasteiger partial charge in [-0.15, -0.1) is 0 Å². The largest absolute Gasteiger partial charge is 0.355 e. The second-order valence-corrected chi connectivity index (χ2v) is 6.62. The topological polar surface area (TPSA) is 45.2 Å². The van der Waals surface area contributed by atoms with Crippen molar-refractivity contribution in [3.8, 4) is 0 Å². The summed E-state index contributed by atoms with van der Waals surface area (Å²) >= 11 is 3.42. The number of benzene rings is 2. The van der Waals surface area contributed by atoms with Crippen LogP contribution in [0.1, 0.15) is 16.1 Å². The van der Waals surface area contributed by atoms with Crippen molar-refractivity contribution in [1.29, 1.82) is 0 Å². The highest BCUT2D eigenvalue weighted by molar-refractivity contribution is 9.10. The number of nitrogens with zero attached hydrogens (tertiary/aromatic N) is 2. The molecular formula is C20H18BrN3O. The first-order valence-electron chi connectivity index (χ1n) is 7.90. The normalized spacial score (nSPS) is 10.3. The number of rotatable bonds is 5. The summed E-state index contributed by atoms with van der Waals surface area (Å²) in [5.41, 5.74) is 3.28. The summed E-state index contributed by atoms with van der Waals surface area (Å²) in [5.74, 6) is -0.108. The van der Waals surface area contributed by atoms with Crippen LogP contribution in [-0.2, 0) is 6.54 Å². The van der Waals surface area contributed by atoms with Gasteiger partial charge in [-0.05, 0) is 42.0 Å². The molecule has 25 heavy (non-hydrogen) atoms. The van der Waals surface area contributed by atoms with E-state index in [0.717, 1.165) is 21.4 Å². The number of pyridine rings is 1. The molecule has 0 fully saturated rings. The van der Waals surface area contributed by atoms with E-state index in [0.29, 0.717) is 12.2 Å². The summed E-state index contributed by atoms with van der Waals surface area (Å²) in [7, 11) is 1.78. The minimum atomic E-state index is -0.108. The van der Waals surface area contributed by atoms with Crippen molar-refractivity contribution in [2.75, 3.05) is 12.4 Å². The highest BCUT2D eigenvalue weighted by Crippen LogP contribution is 2.20. The molecule has 3 rings (SSSR count). The van der Waals surface area contributed by atoms with Gasteiger partial charge in [-0.2, -0.15) is 0 Å². The van der Waals surface area contributed by atoms with Gasteiger partial charge in [0.15, 0.2) is 0 Å². The number of anilines is 2. The summed E-state index contributed by atoms with van der Waals surface area (Å²) in [6.07, 6.45) is 1.64. The van der Waals surface area contributed by atoms with Gasteiger partial charge in [0, 0.05) is 35.6 Å². The lowest BCUT2D eigenvalue weighted by atomic mass is 10.2. The molecule has 0 saturated heterocycles. The molecule has 0 aliphatic heterocycles. The highest BCUT2D eigenvalue weighted by Gasteiger charge is 2.14. The Bertz CT molecular complexity index is 850. The molecule has 1 heterocycles. The number of aromatic nitrogens is 1. The highest BCUT2D eigenvalue weighted by atomic mass is 79.9. The first kappa shape index (κ1) is 17.2. The fourth-order valence-corrected chi connectivity index (χ4v) is 2.71.